The third-order valence-electron chi connectivity index (χ3n) is 4.61. The Balaban J connectivity index is 2.10. The van der Waals surface area contributed by atoms with Gasteiger partial charge in [0.25, 0.3) is 0 Å². The van der Waals surface area contributed by atoms with E-state index in [9.17, 15) is 9.59 Å². The largest absolute Gasteiger partial charge is 0.497 e. The number of carbonyl (C=O) groups is 2. The summed E-state index contributed by atoms with van der Waals surface area (Å²) in [5.74, 6) is -0.363. The van der Waals surface area contributed by atoms with Crippen LogP contribution in [0.2, 0.25) is 0 Å². The molecule has 0 bridgehead atoms. The highest BCUT2D eigenvalue weighted by molar-refractivity contribution is 6.41. The summed E-state index contributed by atoms with van der Waals surface area (Å²) in [4.78, 5) is 26.4. The van der Waals surface area contributed by atoms with Crippen LogP contribution in [-0.2, 0) is 14.3 Å². The minimum Gasteiger partial charge on any atom is -0.497 e. The van der Waals surface area contributed by atoms with E-state index in [1.54, 1.807) is 50.5 Å². The second-order valence-electron chi connectivity index (χ2n) is 6.72. The molecule has 156 valence electrons. The third kappa shape index (κ3) is 5.80. The molecule has 0 radical (unpaired) electrons. The van der Waals surface area contributed by atoms with Gasteiger partial charge in [0, 0.05) is 5.57 Å². The quantitative estimate of drug-likeness (QED) is 0.162. The molecule has 0 aliphatic heterocycles. The molecule has 0 spiro atoms. The lowest BCUT2D eigenvalue weighted by molar-refractivity contribution is -0.139. The normalized spacial score (nSPS) is 11.7. The number of rotatable bonds is 8. The summed E-state index contributed by atoms with van der Waals surface area (Å²) in [5.41, 5.74) is 2.67. The van der Waals surface area contributed by atoms with Gasteiger partial charge in [0.05, 0.1) is 13.7 Å². The Morgan fingerprint density at radius 3 is 1.94 bits per heavy atom. The van der Waals surface area contributed by atoms with Gasteiger partial charge in [-0.25, -0.2) is 4.79 Å². The molecule has 0 heterocycles. The summed E-state index contributed by atoms with van der Waals surface area (Å²) in [5, 5.41) is 0. The number of benzene rings is 3. The predicted octanol–water partition coefficient (Wildman–Crippen LogP) is 5.45. The van der Waals surface area contributed by atoms with Crippen molar-refractivity contribution in [1.82, 2.24) is 0 Å². The fraction of sp³-hybridized carbons (Fsp3) is 0.111. The van der Waals surface area contributed by atoms with Gasteiger partial charge in [0.1, 0.15) is 11.3 Å². The van der Waals surface area contributed by atoms with Crippen molar-refractivity contribution in [3.05, 3.63) is 107 Å². The number of hydrogen-bond donors (Lipinski definition) is 0. The van der Waals surface area contributed by atoms with Gasteiger partial charge in [-0.15, -0.1) is 0 Å². The van der Waals surface area contributed by atoms with E-state index in [1.807, 2.05) is 60.7 Å². The average molecular weight is 412 g/mol. The number of carbonyl (C=O) groups excluding carboxylic acids is 2. The number of esters is 1. The van der Waals surface area contributed by atoms with E-state index in [0.29, 0.717) is 16.9 Å². The van der Waals surface area contributed by atoms with Gasteiger partial charge >= 0.3 is 5.97 Å². The fourth-order valence-electron chi connectivity index (χ4n) is 3.05. The molecule has 0 fully saturated rings. The number of hydrogen-bond acceptors (Lipinski definition) is 4. The zero-order valence-corrected chi connectivity index (χ0v) is 17.6. The minimum absolute atomic E-state index is 0.0296. The van der Waals surface area contributed by atoms with Gasteiger partial charge in [-0.1, -0.05) is 72.8 Å². The summed E-state index contributed by atoms with van der Waals surface area (Å²) in [7, 11) is 1.58. The molecule has 0 aromatic heterocycles. The highest BCUT2D eigenvalue weighted by Gasteiger charge is 2.24. The molecule has 0 aliphatic rings. The van der Waals surface area contributed by atoms with Gasteiger partial charge < -0.3 is 9.47 Å². The minimum atomic E-state index is -0.654. The lowest BCUT2D eigenvalue weighted by Gasteiger charge is -2.11. The summed E-state index contributed by atoms with van der Waals surface area (Å²) in [6, 6.07) is 26.0. The average Bonchev–Trinajstić information content (AvgIpc) is 2.82. The molecule has 4 nitrogen and oxygen atoms in total. The zero-order chi connectivity index (χ0) is 22.1. The van der Waals surface area contributed by atoms with Crippen molar-refractivity contribution in [3.63, 3.8) is 0 Å². The number of Topliss-reactive ketones (excluding diaryl/α,β-unsaturated/α-hetero) is 1. The Bertz CT molecular complexity index is 1080. The van der Waals surface area contributed by atoms with E-state index in [0.717, 1.165) is 11.1 Å². The molecule has 0 unspecified atom stereocenters. The van der Waals surface area contributed by atoms with Crippen molar-refractivity contribution in [2.75, 3.05) is 13.7 Å². The first-order valence-electron chi connectivity index (χ1n) is 10.0. The molecular weight excluding hydrogens is 388 g/mol. The summed E-state index contributed by atoms with van der Waals surface area (Å²) >= 11 is 0. The lowest BCUT2D eigenvalue weighted by atomic mass is 9.93. The van der Waals surface area contributed by atoms with Gasteiger partial charge in [-0.3, -0.25) is 4.79 Å². The monoisotopic (exact) mass is 412 g/mol. The van der Waals surface area contributed by atoms with E-state index in [4.69, 9.17) is 9.47 Å². The molecule has 0 aliphatic carbocycles. The number of ketones is 1. The molecule has 0 saturated carbocycles. The van der Waals surface area contributed by atoms with Crippen LogP contribution in [0.3, 0.4) is 0 Å². The second kappa shape index (κ2) is 10.7. The lowest BCUT2D eigenvalue weighted by Crippen LogP contribution is -2.17. The predicted molar refractivity (Wildman–Crippen MR) is 123 cm³/mol. The van der Waals surface area contributed by atoms with Crippen LogP contribution in [0.25, 0.3) is 17.7 Å². The maximum Gasteiger partial charge on any atom is 0.342 e. The number of methoxy groups -OCH3 is 1. The molecule has 31 heavy (non-hydrogen) atoms. The third-order valence-corrected chi connectivity index (χ3v) is 4.61. The van der Waals surface area contributed by atoms with E-state index < -0.39 is 11.8 Å². The fourth-order valence-corrected chi connectivity index (χ4v) is 3.05. The molecule has 3 rings (SSSR count). The highest BCUT2D eigenvalue weighted by atomic mass is 16.5. The van der Waals surface area contributed by atoms with Gasteiger partial charge in [-0.2, -0.15) is 0 Å². The van der Waals surface area contributed by atoms with Crippen LogP contribution in [0, 0.1) is 0 Å². The van der Waals surface area contributed by atoms with Crippen LogP contribution in [0.15, 0.2) is 90.5 Å². The Labute approximate surface area is 182 Å². The first kappa shape index (κ1) is 21.8. The van der Waals surface area contributed by atoms with Crippen molar-refractivity contribution in [3.8, 4) is 5.75 Å². The molecule has 3 aromatic carbocycles. The van der Waals surface area contributed by atoms with Crippen LogP contribution < -0.4 is 4.74 Å². The van der Waals surface area contributed by atoms with Crippen LogP contribution in [0.4, 0.5) is 0 Å². The van der Waals surface area contributed by atoms with Crippen LogP contribution in [0.5, 0.6) is 5.75 Å². The summed E-state index contributed by atoms with van der Waals surface area (Å²) < 4.78 is 10.4. The molecule has 4 heteroatoms. The van der Waals surface area contributed by atoms with E-state index in [1.165, 1.54) is 0 Å². The molecule has 0 amide bonds. The maximum absolute atomic E-state index is 13.6. The van der Waals surface area contributed by atoms with Crippen molar-refractivity contribution in [1.29, 1.82) is 0 Å². The van der Waals surface area contributed by atoms with E-state index in [-0.39, 0.29) is 12.2 Å². The van der Waals surface area contributed by atoms with Crippen LogP contribution in [-0.4, -0.2) is 25.5 Å². The van der Waals surface area contributed by atoms with E-state index >= 15 is 0 Å². The first-order valence-corrected chi connectivity index (χ1v) is 10.0. The van der Waals surface area contributed by atoms with Gasteiger partial charge in [0.2, 0.25) is 5.78 Å². The Morgan fingerprint density at radius 2 is 1.35 bits per heavy atom. The van der Waals surface area contributed by atoms with Crippen LogP contribution in [0.1, 0.15) is 23.6 Å². The Hall–Kier alpha value is -3.92. The SMILES string of the molecule is CCOC(=O)/C(=C\c1ccc(OC)cc1)C(=O)/C(=C/c1ccccc1)c1ccccc1. The maximum atomic E-state index is 13.6. The van der Waals surface area contributed by atoms with E-state index in [2.05, 4.69) is 0 Å². The summed E-state index contributed by atoms with van der Waals surface area (Å²) in [6.07, 6.45) is 3.35. The Kier molecular flexibility index (Phi) is 7.55. The smallest absolute Gasteiger partial charge is 0.342 e. The molecule has 0 atom stereocenters. The number of allylic oxidation sites excluding steroid dienone is 1. The molecule has 0 saturated heterocycles. The molecular formula is C27H24O4. The van der Waals surface area contributed by atoms with Crippen molar-refractivity contribution < 1.29 is 19.1 Å². The summed E-state index contributed by atoms with van der Waals surface area (Å²) in [6.45, 7) is 1.89. The van der Waals surface area contributed by atoms with Crippen LogP contribution >= 0.6 is 0 Å². The first-order chi connectivity index (χ1) is 15.1. The zero-order valence-electron chi connectivity index (χ0n) is 17.6. The standard InChI is InChI=1S/C27H24O4/c1-3-31-27(29)25(19-21-14-16-23(30-2)17-15-21)26(28)24(22-12-8-5-9-13-22)18-20-10-6-4-7-11-20/h4-19H,3H2,1-2H3/b24-18+,25-19-. The van der Waals surface area contributed by atoms with Crippen molar-refractivity contribution in [2.24, 2.45) is 0 Å². The molecule has 0 N–H and O–H groups in total. The van der Waals surface area contributed by atoms with Gasteiger partial charge in [0.15, 0.2) is 0 Å². The second-order valence-corrected chi connectivity index (χ2v) is 6.72. The van der Waals surface area contributed by atoms with Gasteiger partial charge in [-0.05, 0) is 47.9 Å². The molecule has 3 aromatic rings. The Morgan fingerprint density at radius 1 is 0.774 bits per heavy atom. The highest BCUT2D eigenvalue weighted by Crippen LogP contribution is 2.25. The van der Waals surface area contributed by atoms with Crippen molar-refractivity contribution >= 4 is 29.5 Å². The topological polar surface area (TPSA) is 52.6 Å². The number of ether oxygens (including phenoxy) is 2. The van der Waals surface area contributed by atoms with Crippen molar-refractivity contribution in [2.45, 2.75) is 6.92 Å².